The highest BCUT2D eigenvalue weighted by atomic mass is 35.5. The molecule has 1 heterocycles. The molecule has 0 spiro atoms. The smallest absolute Gasteiger partial charge is 0.0438 e. The second-order valence-electron chi connectivity index (χ2n) is 4.06. The number of nitrogens with two attached hydrogens (primary N) is 1. The van der Waals surface area contributed by atoms with Crippen molar-refractivity contribution in [2.24, 2.45) is 5.73 Å². The fraction of sp³-hybridized carbons (Fsp3) is 0.286. The maximum Gasteiger partial charge on any atom is 0.0438 e. The summed E-state index contributed by atoms with van der Waals surface area (Å²) < 4.78 is 0. The maximum atomic E-state index is 6.22. The van der Waals surface area contributed by atoms with Crippen molar-refractivity contribution in [3.8, 4) is 0 Å². The van der Waals surface area contributed by atoms with Gasteiger partial charge in [0, 0.05) is 20.8 Å². The molecule has 1 atom stereocenters. The van der Waals surface area contributed by atoms with Crippen molar-refractivity contribution in [3.63, 3.8) is 0 Å². The van der Waals surface area contributed by atoms with E-state index in [9.17, 15) is 0 Å². The minimum Gasteiger partial charge on any atom is -0.323 e. The third kappa shape index (κ3) is 3.09. The average Bonchev–Trinajstić information content (AvgIpc) is 2.81. The van der Waals surface area contributed by atoms with E-state index in [1.807, 2.05) is 24.3 Å². The lowest BCUT2D eigenvalue weighted by Gasteiger charge is -2.10. The molecule has 2 aromatic rings. The van der Waals surface area contributed by atoms with Gasteiger partial charge in [0.2, 0.25) is 0 Å². The summed E-state index contributed by atoms with van der Waals surface area (Å²) in [5.41, 5.74) is 7.33. The summed E-state index contributed by atoms with van der Waals surface area (Å²) in [6.45, 7) is 2.16. The van der Waals surface area contributed by atoms with Crippen LogP contribution in [0.25, 0.3) is 0 Å². The van der Waals surface area contributed by atoms with E-state index in [-0.39, 0.29) is 6.04 Å². The number of halogens is 1. The minimum absolute atomic E-state index is 0.0419. The summed E-state index contributed by atoms with van der Waals surface area (Å²) in [5.74, 6) is 0. The van der Waals surface area contributed by atoms with Crippen LogP contribution in [0.4, 0.5) is 0 Å². The number of aryl methyl sites for hydroxylation is 1. The largest absolute Gasteiger partial charge is 0.323 e. The number of rotatable bonds is 4. The number of hydrogen-bond acceptors (Lipinski definition) is 2. The molecule has 0 radical (unpaired) electrons. The highest BCUT2D eigenvalue weighted by molar-refractivity contribution is 7.12. The number of benzene rings is 1. The predicted octanol–water partition coefficient (Wildman–Crippen LogP) is 4.21. The molecule has 1 aromatic heterocycles. The summed E-state index contributed by atoms with van der Waals surface area (Å²) in [6, 6.07) is 12.2. The molecule has 17 heavy (non-hydrogen) atoms. The van der Waals surface area contributed by atoms with E-state index < -0.39 is 0 Å². The zero-order valence-corrected chi connectivity index (χ0v) is 11.4. The molecule has 0 aliphatic rings. The van der Waals surface area contributed by atoms with Crippen LogP contribution in [-0.4, -0.2) is 0 Å². The fourth-order valence-corrected chi connectivity index (χ4v) is 2.95. The van der Waals surface area contributed by atoms with Crippen LogP contribution < -0.4 is 5.73 Å². The van der Waals surface area contributed by atoms with Crippen LogP contribution in [0.5, 0.6) is 0 Å². The van der Waals surface area contributed by atoms with Crippen molar-refractivity contribution in [1.82, 2.24) is 0 Å². The Morgan fingerprint density at radius 3 is 2.65 bits per heavy atom. The molecule has 0 amide bonds. The Labute approximate surface area is 111 Å². The lowest BCUT2D eigenvalue weighted by molar-refractivity contribution is 0.737. The van der Waals surface area contributed by atoms with E-state index in [4.69, 9.17) is 17.3 Å². The summed E-state index contributed by atoms with van der Waals surface area (Å²) >= 11 is 7.93. The first kappa shape index (κ1) is 12.6. The van der Waals surface area contributed by atoms with Crippen LogP contribution >= 0.6 is 22.9 Å². The standard InChI is InChI=1S/C14H16ClNS/c1-2-11-7-8-14(17-11)13(16)9-10-5-3-4-6-12(10)15/h3-8,13H,2,9,16H2,1H3. The molecule has 0 saturated carbocycles. The fourth-order valence-electron chi connectivity index (χ4n) is 1.79. The Morgan fingerprint density at radius 1 is 1.24 bits per heavy atom. The van der Waals surface area contributed by atoms with E-state index in [1.54, 1.807) is 11.3 Å². The molecule has 0 aliphatic heterocycles. The molecule has 90 valence electrons. The summed E-state index contributed by atoms with van der Waals surface area (Å²) in [5, 5.41) is 0.801. The molecule has 1 aromatic carbocycles. The molecule has 1 unspecified atom stereocenters. The van der Waals surface area contributed by atoms with Crippen molar-refractivity contribution in [2.75, 3.05) is 0 Å². The third-order valence-electron chi connectivity index (χ3n) is 2.79. The van der Waals surface area contributed by atoms with Gasteiger partial charge in [-0.15, -0.1) is 11.3 Å². The van der Waals surface area contributed by atoms with Crippen LogP contribution in [0.1, 0.15) is 28.3 Å². The van der Waals surface area contributed by atoms with E-state index in [1.165, 1.54) is 9.75 Å². The zero-order valence-electron chi connectivity index (χ0n) is 9.82. The summed E-state index contributed by atoms with van der Waals surface area (Å²) in [7, 11) is 0. The summed E-state index contributed by atoms with van der Waals surface area (Å²) in [4.78, 5) is 2.62. The predicted molar refractivity (Wildman–Crippen MR) is 75.8 cm³/mol. The molecule has 1 nitrogen and oxygen atoms in total. The normalized spacial score (nSPS) is 12.6. The van der Waals surface area contributed by atoms with Crippen LogP contribution in [0, 0.1) is 0 Å². The first-order chi connectivity index (χ1) is 8.20. The van der Waals surface area contributed by atoms with Crippen molar-refractivity contribution in [3.05, 3.63) is 56.7 Å². The second-order valence-corrected chi connectivity index (χ2v) is 5.67. The Morgan fingerprint density at radius 2 is 2.00 bits per heavy atom. The highest BCUT2D eigenvalue weighted by Gasteiger charge is 2.11. The Hall–Kier alpha value is -0.830. The van der Waals surface area contributed by atoms with E-state index in [0.717, 1.165) is 23.4 Å². The Bertz CT molecular complexity index is 492. The zero-order chi connectivity index (χ0) is 12.3. The van der Waals surface area contributed by atoms with Gasteiger partial charge in [-0.3, -0.25) is 0 Å². The van der Waals surface area contributed by atoms with Gasteiger partial charge in [0.05, 0.1) is 0 Å². The lowest BCUT2D eigenvalue weighted by Crippen LogP contribution is -2.11. The molecule has 0 bridgehead atoms. The molecular weight excluding hydrogens is 250 g/mol. The molecule has 2 rings (SSSR count). The van der Waals surface area contributed by atoms with Gasteiger partial charge in [0.1, 0.15) is 0 Å². The van der Waals surface area contributed by atoms with Crippen molar-refractivity contribution in [2.45, 2.75) is 25.8 Å². The third-order valence-corrected chi connectivity index (χ3v) is 4.52. The van der Waals surface area contributed by atoms with Gasteiger partial charge < -0.3 is 5.73 Å². The van der Waals surface area contributed by atoms with Gasteiger partial charge in [-0.25, -0.2) is 0 Å². The lowest BCUT2D eigenvalue weighted by atomic mass is 10.1. The number of thiophene rings is 1. The summed E-state index contributed by atoms with van der Waals surface area (Å²) in [6.07, 6.45) is 1.87. The number of hydrogen-bond donors (Lipinski definition) is 1. The topological polar surface area (TPSA) is 26.0 Å². The SMILES string of the molecule is CCc1ccc(C(N)Cc2ccccc2Cl)s1. The van der Waals surface area contributed by atoms with Gasteiger partial charge in [-0.1, -0.05) is 36.7 Å². The monoisotopic (exact) mass is 265 g/mol. The molecule has 0 fully saturated rings. The molecule has 0 aliphatic carbocycles. The minimum atomic E-state index is 0.0419. The van der Waals surface area contributed by atoms with Crippen LogP contribution in [0.15, 0.2) is 36.4 Å². The first-order valence-corrected chi connectivity index (χ1v) is 6.97. The van der Waals surface area contributed by atoms with Gasteiger partial charge in [0.15, 0.2) is 0 Å². The average molecular weight is 266 g/mol. The van der Waals surface area contributed by atoms with E-state index in [0.29, 0.717) is 0 Å². The van der Waals surface area contributed by atoms with Gasteiger partial charge in [-0.2, -0.15) is 0 Å². The maximum absolute atomic E-state index is 6.22. The molecule has 0 saturated heterocycles. The van der Waals surface area contributed by atoms with Gasteiger partial charge >= 0.3 is 0 Å². The molecular formula is C14H16ClNS. The Kier molecular flexibility index (Phi) is 4.21. The quantitative estimate of drug-likeness (QED) is 0.881. The second kappa shape index (κ2) is 5.67. The van der Waals surface area contributed by atoms with Crippen LogP contribution in [0.2, 0.25) is 5.02 Å². The van der Waals surface area contributed by atoms with Gasteiger partial charge in [0.25, 0.3) is 0 Å². The van der Waals surface area contributed by atoms with Crippen molar-refractivity contribution < 1.29 is 0 Å². The van der Waals surface area contributed by atoms with E-state index >= 15 is 0 Å². The molecule has 3 heteroatoms. The molecule has 2 N–H and O–H groups in total. The first-order valence-electron chi connectivity index (χ1n) is 5.78. The van der Waals surface area contributed by atoms with Crippen LogP contribution in [-0.2, 0) is 12.8 Å². The van der Waals surface area contributed by atoms with Gasteiger partial charge in [-0.05, 0) is 36.6 Å². The Balaban J connectivity index is 2.11. The van der Waals surface area contributed by atoms with E-state index in [2.05, 4.69) is 19.1 Å². The van der Waals surface area contributed by atoms with Crippen molar-refractivity contribution in [1.29, 1.82) is 0 Å². The van der Waals surface area contributed by atoms with Crippen LogP contribution in [0.3, 0.4) is 0 Å². The highest BCUT2D eigenvalue weighted by Crippen LogP contribution is 2.27. The van der Waals surface area contributed by atoms with Crippen molar-refractivity contribution >= 4 is 22.9 Å².